The van der Waals surface area contributed by atoms with Crippen LogP contribution in [0, 0.1) is 0 Å². The minimum absolute atomic E-state index is 0.835. The maximum Gasteiger partial charge on any atom is 0.385 e. The first-order valence-corrected chi connectivity index (χ1v) is 3.18. The molecular formula is C5H8F6N2. The molecule has 0 spiro atoms. The maximum absolute atomic E-state index is 12.3. The predicted octanol–water partition coefficient (Wildman–Crippen LogP) is 1.16. The molecule has 0 radical (unpaired) electrons. The van der Waals surface area contributed by atoms with Crippen LogP contribution in [0.15, 0.2) is 0 Å². The van der Waals surface area contributed by atoms with Crippen molar-refractivity contribution in [2.24, 2.45) is 11.5 Å². The zero-order valence-corrected chi connectivity index (χ0v) is 6.34. The van der Waals surface area contributed by atoms with Gasteiger partial charge < -0.3 is 5.73 Å². The smallest absolute Gasteiger partial charge is 0.330 e. The van der Waals surface area contributed by atoms with Gasteiger partial charge in [0.15, 0.2) is 0 Å². The number of hydrogen-bond donors (Lipinski definition) is 2. The number of rotatable bonds is 4. The fourth-order valence-corrected chi connectivity index (χ4v) is 0.582. The largest absolute Gasteiger partial charge is 0.385 e. The second-order valence-corrected chi connectivity index (χ2v) is 2.44. The van der Waals surface area contributed by atoms with Crippen molar-refractivity contribution < 1.29 is 26.3 Å². The SMILES string of the molecule is NCCC(F)(F)C(F)(F)C(N)(F)F. The molecule has 0 saturated heterocycles. The summed E-state index contributed by atoms with van der Waals surface area (Å²) in [5.74, 6) is -10.5. The summed E-state index contributed by atoms with van der Waals surface area (Å²) in [6, 6.07) is -5.26. The van der Waals surface area contributed by atoms with E-state index >= 15 is 0 Å². The van der Waals surface area contributed by atoms with Crippen molar-refractivity contribution >= 4 is 0 Å². The van der Waals surface area contributed by atoms with E-state index in [0.717, 1.165) is 0 Å². The average molecular weight is 210 g/mol. The molecule has 0 amide bonds. The molecule has 8 heteroatoms. The van der Waals surface area contributed by atoms with Gasteiger partial charge in [-0.15, -0.1) is 0 Å². The van der Waals surface area contributed by atoms with Crippen LogP contribution in [0.5, 0.6) is 0 Å². The van der Waals surface area contributed by atoms with Gasteiger partial charge >= 0.3 is 17.9 Å². The first-order chi connectivity index (χ1) is 5.56. The quantitative estimate of drug-likeness (QED) is 0.540. The van der Waals surface area contributed by atoms with Crippen LogP contribution < -0.4 is 11.5 Å². The third-order valence-electron chi connectivity index (χ3n) is 1.34. The molecule has 0 saturated carbocycles. The highest BCUT2D eigenvalue weighted by molar-refractivity contribution is 4.93. The van der Waals surface area contributed by atoms with Crippen LogP contribution in [-0.2, 0) is 0 Å². The third kappa shape index (κ3) is 2.25. The van der Waals surface area contributed by atoms with E-state index in [0.29, 0.717) is 0 Å². The molecule has 0 fully saturated rings. The average Bonchev–Trinajstić information content (AvgIpc) is 1.84. The van der Waals surface area contributed by atoms with Gasteiger partial charge in [0.2, 0.25) is 0 Å². The maximum atomic E-state index is 12.3. The number of alkyl halides is 6. The third-order valence-corrected chi connectivity index (χ3v) is 1.34. The highest BCUT2D eigenvalue weighted by Gasteiger charge is 2.69. The van der Waals surface area contributed by atoms with Crippen LogP contribution in [0.4, 0.5) is 26.3 Å². The Labute approximate surface area is 69.9 Å². The Morgan fingerprint density at radius 1 is 0.923 bits per heavy atom. The van der Waals surface area contributed by atoms with Crippen LogP contribution in [0.2, 0.25) is 0 Å². The lowest BCUT2D eigenvalue weighted by atomic mass is 10.1. The van der Waals surface area contributed by atoms with Crippen molar-refractivity contribution in [3.05, 3.63) is 0 Å². The summed E-state index contributed by atoms with van der Waals surface area (Å²) in [5.41, 5.74) is 8.18. The molecule has 2 nitrogen and oxygen atoms in total. The van der Waals surface area contributed by atoms with E-state index in [4.69, 9.17) is 0 Å². The Bertz CT molecular complexity index is 174. The molecule has 0 aliphatic heterocycles. The van der Waals surface area contributed by atoms with Crippen LogP contribution in [-0.4, -0.2) is 24.4 Å². The van der Waals surface area contributed by atoms with E-state index in [1.807, 2.05) is 0 Å². The molecule has 0 aromatic heterocycles. The van der Waals surface area contributed by atoms with Gasteiger partial charge in [-0.25, -0.2) is 0 Å². The predicted molar refractivity (Wildman–Crippen MR) is 32.7 cm³/mol. The first-order valence-electron chi connectivity index (χ1n) is 3.18. The van der Waals surface area contributed by atoms with Gasteiger partial charge in [-0.2, -0.15) is 26.3 Å². The van der Waals surface area contributed by atoms with Crippen molar-refractivity contribution in [2.75, 3.05) is 6.54 Å². The van der Waals surface area contributed by atoms with E-state index in [1.165, 1.54) is 0 Å². The van der Waals surface area contributed by atoms with Gasteiger partial charge in [0, 0.05) is 6.42 Å². The molecule has 0 aromatic rings. The van der Waals surface area contributed by atoms with Gasteiger partial charge in [-0.05, 0) is 6.54 Å². The Kier molecular flexibility index (Phi) is 3.21. The van der Waals surface area contributed by atoms with Gasteiger partial charge in [0.1, 0.15) is 0 Å². The number of hydrogen-bond acceptors (Lipinski definition) is 2. The second-order valence-electron chi connectivity index (χ2n) is 2.44. The molecule has 0 aliphatic carbocycles. The monoisotopic (exact) mass is 210 g/mol. The zero-order chi connectivity index (χ0) is 10.9. The second kappa shape index (κ2) is 3.33. The highest BCUT2D eigenvalue weighted by Crippen LogP contribution is 2.44. The summed E-state index contributed by atoms with van der Waals surface area (Å²) in [7, 11) is 0. The molecule has 0 aromatic carbocycles. The van der Waals surface area contributed by atoms with Crippen molar-refractivity contribution in [2.45, 2.75) is 24.3 Å². The number of nitrogens with two attached hydrogens (primary N) is 2. The van der Waals surface area contributed by atoms with Crippen molar-refractivity contribution in [3.63, 3.8) is 0 Å². The molecule has 0 bridgehead atoms. The molecule has 0 rings (SSSR count). The van der Waals surface area contributed by atoms with E-state index < -0.39 is 30.9 Å². The summed E-state index contributed by atoms with van der Waals surface area (Å²) < 4.78 is 72.7. The summed E-state index contributed by atoms with van der Waals surface area (Å²) in [6.45, 7) is -0.835. The fraction of sp³-hybridized carbons (Fsp3) is 1.00. The lowest BCUT2D eigenvalue weighted by molar-refractivity contribution is -0.307. The van der Waals surface area contributed by atoms with E-state index in [1.54, 1.807) is 0 Å². The van der Waals surface area contributed by atoms with Crippen molar-refractivity contribution in [1.29, 1.82) is 0 Å². The van der Waals surface area contributed by atoms with Crippen LogP contribution in [0.3, 0.4) is 0 Å². The van der Waals surface area contributed by atoms with E-state index in [2.05, 4.69) is 11.5 Å². The van der Waals surface area contributed by atoms with Gasteiger partial charge in [-0.1, -0.05) is 0 Å². The molecule has 4 N–H and O–H groups in total. The molecule has 13 heavy (non-hydrogen) atoms. The summed E-state index contributed by atoms with van der Waals surface area (Å²) >= 11 is 0. The number of halogens is 6. The molecular weight excluding hydrogens is 202 g/mol. The normalized spacial score (nSPS) is 14.8. The van der Waals surface area contributed by atoms with Crippen LogP contribution >= 0.6 is 0 Å². The lowest BCUT2D eigenvalue weighted by Gasteiger charge is -2.29. The summed E-state index contributed by atoms with van der Waals surface area (Å²) in [6.07, 6.45) is -1.55. The molecule has 0 unspecified atom stereocenters. The standard InChI is InChI=1S/C5H8F6N2/c6-3(7,1-2-12)4(8,9)5(10,11)13/h1-2,12-13H2. The van der Waals surface area contributed by atoms with Crippen molar-refractivity contribution in [3.8, 4) is 0 Å². The van der Waals surface area contributed by atoms with E-state index in [-0.39, 0.29) is 0 Å². The van der Waals surface area contributed by atoms with E-state index in [9.17, 15) is 26.3 Å². The van der Waals surface area contributed by atoms with Crippen LogP contribution in [0.25, 0.3) is 0 Å². The van der Waals surface area contributed by atoms with Crippen LogP contribution in [0.1, 0.15) is 6.42 Å². The highest BCUT2D eigenvalue weighted by atomic mass is 19.3. The zero-order valence-electron chi connectivity index (χ0n) is 6.34. The summed E-state index contributed by atoms with van der Waals surface area (Å²) in [4.78, 5) is 0. The Balaban J connectivity index is 4.81. The molecule has 80 valence electrons. The van der Waals surface area contributed by atoms with Gasteiger partial charge in [0.05, 0.1) is 0 Å². The van der Waals surface area contributed by atoms with Crippen molar-refractivity contribution in [1.82, 2.24) is 0 Å². The Hall–Kier alpha value is -0.500. The molecule has 0 atom stereocenters. The molecule has 0 heterocycles. The fourth-order valence-electron chi connectivity index (χ4n) is 0.582. The van der Waals surface area contributed by atoms with Gasteiger partial charge in [-0.3, -0.25) is 5.73 Å². The minimum Gasteiger partial charge on any atom is -0.330 e. The Morgan fingerprint density at radius 3 is 1.54 bits per heavy atom. The molecule has 0 aliphatic rings. The first kappa shape index (κ1) is 12.5. The Morgan fingerprint density at radius 2 is 1.31 bits per heavy atom. The topological polar surface area (TPSA) is 52.0 Å². The lowest BCUT2D eigenvalue weighted by Crippen LogP contribution is -2.59. The van der Waals surface area contributed by atoms with Gasteiger partial charge in [0.25, 0.3) is 0 Å². The minimum atomic E-state index is -5.58. The summed E-state index contributed by atoms with van der Waals surface area (Å²) in [5, 5.41) is 0.